The molecular formula is C23H28N2O. The maximum atomic E-state index is 10.5. The Morgan fingerprint density at radius 3 is 2.50 bits per heavy atom. The molecule has 0 radical (unpaired) electrons. The molecule has 2 aromatic carbocycles. The molecule has 2 N–H and O–H groups in total. The summed E-state index contributed by atoms with van der Waals surface area (Å²) in [7, 11) is 0. The number of phenolic OH excluding ortho intramolecular Hbond substituents is 1. The Kier molecular flexibility index (Phi) is 4.73. The van der Waals surface area contributed by atoms with Crippen LogP contribution in [-0.4, -0.2) is 22.8 Å². The first-order valence-corrected chi connectivity index (χ1v) is 9.73. The van der Waals surface area contributed by atoms with Gasteiger partial charge in [-0.2, -0.15) is 0 Å². The summed E-state index contributed by atoms with van der Waals surface area (Å²) >= 11 is 0. The number of aromatic nitrogens is 1. The Morgan fingerprint density at radius 2 is 1.81 bits per heavy atom. The van der Waals surface area contributed by atoms with Crippen LogP contribution >= 0.6 is 0 Å². The topological polar surface area (TPSA) is 37.2 Å². The van der Waals surface area contributed by atoms with Crippen LogP contribution < -0.4 is 5.32 Å². The van der Waals surface area contributed by atoms with E-state index >= 15 is 0 Å². The minimum atomic E-state index is 0.407. The molecule has 1 aliphatic rings. The van der Waals surface area contributed by atoms with Crippen LogP contribution in [0.4, 0.5) is 0 Å². The highest BCUT2D eigenvalue weighted by Crippen LogP contribution is 2.37. The summed E-state index contributed by atoms with van der Waals surface area (Å²) in [6.07, 6.45) is 4.55. The lowest BCUT2D eigenvalue weighted by atomic mass is 9.90. The number of nitrogens with one attached hydrogen (secondary N) is 1. The minimum absolute atomic E-state index is 0.407. The van der Waals surface area contributed by atoms with Crippen molar-refractivity contribution in [2.75, 3.05) is 13.1 Å². The predicted molar refractivity (Wildman–Crippen MR) is 108 cm³/mol. The molecule has 26 heavy (non-hydrogen) atoms. The SMILES string of the molecule is CC(C)c1ccc(Cn2cc(C3CCNCC3)c3c(O)cccc32)cc1. The van der Waals surface area contributed by atoms with E-state index in [4.69, 9.17) is 0 Å². The highest BCUT2D eigenvalue weighted by molar-refractivity contribution is 5.90. The number of piperidine rings is 1. The van der Waals surface area contributed by atoms with E-state index in [0.717, 1.165) is 43.4 Å². The lowest BCUT2D eigenvalue weighted by Gasteiger charge is -2.22. The van der Waals surface area contributed by atoms with E-state index in [1.807, 2.05) is 12.1 Å². The molecule has 136 valence electrons. The van der Waals surface area contributed by atoms with Crippen LogP contribution in [0, 0.1) is 0 Å². The van der Waals surface area contributed by atoms with Crippen LogP contribution in [0.1, 0.15) is 55.2 Å². The minimum Gasteiger partial charge on any atom is -0.507 e. The Balaban J connectivity index is 1.71. The van der Waals surface area contributed by atoms with E-state index < -0.39 is 0 Å². The molecule has 2 heterocycles. The number of rotatable bonds is 4. The quantitative estimate of drug-likeness (QED) is 0.697. The largest absolute Gasteiger partial charge is 0.507 e. The average Bonchev–Trinajstić information content (AvgIpc) is 3.03. The average molecular weight is 348 g/mol. The van der Waals surface area contributed by atoms with Gasteiger partial charge in [-0.15, -0.1) is 0 Å². The van der Waals surface area contributed by atoms with Crippen molar-refractivity contribution >= 4 is 10.9 Å². The summed E-state index contributed by atoms with van der Waals surface area (Å²) in [5.41, 5.74) is 5.11. The molecule has 0 spiro atoms. The van der Waals surface area contributed by atoms with Crippen LogP contribution in [0.2, 0.25) is 0 Å². The van der Waals surface area contributed by atoms with Crippen molar-refractivity contribution in [3.63, 3.8) is 0 Å². The van der Waals surface area contributed by atoms with Gasteiger partial charge < -0.3 is 15.0 Å². The lowest BCUT2D eigenvalue weighted by molar-refractivity contribution is 0.458. The number of fused-ring (bicyclic) bond motifs is 1. The summed E-state index contributed by atoms with van der Waals surface area (Å²) in [6, 6.07) is 14.8. The maximum absolute atomic E-state index is 10.5. The molecule has 0 aliphatic carbocycles. The molecule has 1 aromatic heterocycles. The maximum Gasteiger partial charge on any atom is 0.125 e. The summed E-state index contributed by atoms with van der Waals surface area (Å²) in [4.78, 5) is 0. The first-order valence-electron chi connectivity index (χ1n) is 9.73. The molecular weight excluding hydrogens is 320 g/mol. The predicted octanol–water partition coefficient (Wildman–Crippen LogP) is 4.99. The van der Waals surface area contributed by atoms with Gasteiger partial charge in [0.15, 0.2) is 0 Å². The lowest BCUT2D eigenvalue weighted by Crippen LogP contribution is -2.26. The number of hydrogen-bond acceptors (Lipinski definition) is 2. The second kappa shape index (κ2) is 7.16. The van der Waals surface area contributed by atoms with Gasteiger partial charge in [0, 0.05) is 18.1 Å². The van der Waals surface area contributed by atoms with Crippen molar-refractivity contribution in [1.29, 1.82) is 0 Å². The zero-order chi connectivity index (χ0) is 18.1. The van der Waals surface area contributed by atoms with Gasteiger partial charge in [0.05, 0.1) is 5.52 Å². The number of phenols is 1. The first-order chi connectivity index (χ1) is 12.6. The molecule has 0 saturated carbocycles. The highest BCUT2D eigenvalue weighted by Gasteiger charge is 2.22. The van der Waals surface area contributed by atoms with Crippen molar-refractivity contribution in [2.24, 2.45) is 0 Å². The number of hydrogen-bond donors (Lipinski definition) is 2. The fourth-order valence-corrected chi connectivity index (χ4v) is 4.14. The van der Waals surface area contributed by atoms with E-state index in [-0.39, 0.29) is 0 Å². The molecule has 0 unspecified atom stereocenters. The highest BCUT2D eigenvalue weighted by atomic mass is 16.3. The molecule has 1 aliphatic heterocycles. The monoisotopic (exact) mass is 348 g/mol. The summed E-state index contributed by atoms with van der Waals surface area (Å²) < 4.78 is 2.30. The molecule has 3 nitrogen and oxygen atoms in total. The fraction of sp³-hybridized carbons (Fsp3) is 0.391. The third kappa shape index (κ3) is 3.24. The van der Waals surface area contributed by atoms with Crippen molar-refractivity contribution in [1.82, 2.24) is 9.88 Å². The van der Waals surface area contributed by atoms with Gasteiger partial charge in [-0.25, -0.2) is 0 Å². The smallest absolute Gasteiger partial charge is 0.125 e. The molecule has 3 aromatic rings. The molecule has 0 atom stereocenters. The Labute approximate surface area is 155 Å². The molecule has 1 saturated heterocycles. The van der Waals surface area contributed by atoms with Gasteiger partial charge in [0.25, 0.3) is 0 Å². The molecule has 0 amide bonds. The number of aromatic hydroxyl groups is 1. The summed E-state index contributed by atoms with van der Waals surface area (Å²) in [5.74, 6) is 1.49. The van der Waals surface area contributed by atoms with Gasteiger partial charge in [-0.1, -0.05) is 44.2 Å². The van der Waals surface area contributed by atoms with E-state index in [1.54, 1.807) is 0 Å². The third-order valence-electron chi connectivity index (χ3n) is 5.69. The normalized spacial score (nSPS) is 15.8. The van der Waals surface area contributed by atoms with Gasteiger partial charge in [-0.3, -0.25) is 0 Å². The van der Waals surface area contributed by atoms with Gasteiger partial charge >= 0.3 is 0 Å². The van der Waals surface area contributed by atoms with Crippen molar-refractivity contribution in [2.45, 2.75) is 45.1 Å². The second-order valence-electron chi connectivity index (χ2n) is 7.80. The van der Waals surface area contributed by atoms with E-state index in [2.05, 4.69) is 60.3 Å². The van der Waals surface area contributed by atoms with Crippen LogP contribution in [0.25, 0.3) is 10.9 Å². The molecule has 4 rings (SSSR count). The van der Waals surface area contributed by atoms with E-state index in [9.17, 15) is 5.11 Å². The van der Waals surface area contributed by atoms with Crippen molar-refractivity contribution in [3.8, 4) is 5.75 Å². The van der Waals surface area contributed by atoms with Crippen LogP contribution in [-0.2, 0) is 6.54 Å². The molecule has 0 bridgehead atoms. The zero-order valence-corrected chi connectivity index (χ0v) is 15.7. The summed E-state index contributed by atoms with van der Waals surface area (Å²) in [6.45, 7) is 7.40. The second-order valence-corrected chi connectivity index (χ2v) is 7.80. The Morgan fingerprint density at radius 1 is 1.08 bits per heavy atom. The third-order valence-corrected chi connectivity index (χ3v) is 5.69. The Hall–Kier alpha value is -2.26. The van der Waals surface area contributed by atoms with Gasteiger partial charge in [-0.05, 0) is 66.6 Å². The number of nitrogens with zero attached hydrogens (tertiary/aromatic N) is 1. The molecule has 3 heteroatoms. The van der Waals surface area contributed by atoms with Crippen molar-refractivity contribution < 1.29 is 5.11 Å². The van der Waals surface area contributed by atoms with Gasteiger partial charge in [0.2, 0.25) is 0 Å². The summed E-state index contributed by atoms with van der Waals surface area (Å²) in [5, 5.41) is 15.0. The van der Waals surface area contributed by atoms with Crippen molar-refractivity contribution in [3.05, 3.63) is 65.4 Å². The fourth-order valence-electron chi connectivity index (χ4n) is 4.14. The molecule has 1 fully saturated rings. The van der Waals surface area contributed by atoms with E-state index in [0.29, 0.717) is 17.6 Å². The van der Waals surface area contributed by atoms with Crippen LogP contribution in [0.5, 0.6) is 5.75 Å². The number of benzene rings is 2. The van der Waals surface area contributed by atoms with Crippen LogP contribution in [0.15, 0.2) is 48.7 Å². The standard InChI is InChI=1S/C23H28N2O/c1-16(2)18-8-6-17(7-9-18)14-25-15-20(19-10-12-24-13-11-19)23-21(25)4-3-5-22(23)26/h3-9,15-16,19,24,26H,10-14H2,1-2H3. The Bertz CT molecular complexity index is 886. The van der Waals surface area contributed by atoms with Gasteiger partial charge in [0.1, 0.15) is 5.75 Å². The van der Waals surface area contributed by atoms with Crippen LogP contribution in [0.3, 0.4) is 0 Å². The van der Waals surface area contributed by atoms with E-state index in [1.165, 1.54) is 16.7 Å². The first kappa shape index (κ1) is 17.2. The zero-order valence-electron chi connectivity index (χ0n) is 15.7.